The lowest BCUT2D eigenvalue weighted by Gasteiger charge is -2.38. The lowest BCUT2D eigenvalue weighted by atomic mass is 9.92. The van der Waals surface area contributed by atoms with Crippen LogP contribution in [0.1, 0.15) is 45.4 Å². The summed E-state index contributed by atoms with van der Waals surface area (Å²) in [5, 5.41) is 0. The minimum absolute atomic E-state index is 0.0339. The molecule has 2 unspecified atom stereocenters. The zero-order valence-electron chi connectivity index (χ0n) is 16.4. The number of piperidine rings is 2. The first-order valence-electron chi connectivity index (χ1n) is 10.4. The summed E-state index contributed by atoms with van der Waals surface area (Å²) in [6, 6.07) is 9.56. The Labute approximate surface area is 162 Å². The van der Waals surface area contributed by atoms with Crippen LogP contribution in [-0.4, -0.2) is 54.4 Å². The van der Waals surface area contributed by atoms with Crippen molar-refractivity contribution in [1.29, 1.82) is 0 Å². The number of likely N-dealkylation sites (tertiary alicyclic amines) is 2. The van der Waals surface area contributed by atoms with E-state index in [1.54, 1.807) is 0 Å². The van der Waals surface area contributed by atoms with Gasteiger partial charge in [-0.15, -0.1) is 0 Å². The minimum Gasteiger partial charge on any atom is -0.493 e. The Morgan fingerprint density at radius 2 is 1.78 bits per heavy atom. The van der Waals surface area contributed by atoms with Gasteiger partial charge in [0.1, 0.15) is 5.75 Å². The molecule has 0 radical (unpaired) electrons. The van der Waals surface area contributed by atoms with E-state index >= 15 is 0 Å². The highest BCUT2D eigenvalue weighted by atomic mass is 16.5. The third-order valence-corrected chi connectivity index (χ3v) is 5.86. The number of carbonyl (C=O) groups is 2. The second-order valence-corrected chi connectivity index (χ2v) is 7.79. The first kappa shape index (κ1) is 19.7. The molecule has 2 atom stereocenters. The van der Waals surface area contributed by atoms with Gasteiger partial charge in [0.2, 0.25) is 11.8 Å². The lowest BCUT2D eigenvalue weighted by Crippen LogP contribution is -2.49. The van der Waals surface area contributed by atoms with Gasteiger partial charge in [0, 0.05) is 26.2 Å². The van der Waals surface area contributed by atoms with E-state index in [2.05, 4.69) is 11.8 Å². The van der Waals surface area contributed by atoms with Crippen LogP contribution in [0.15, 0.2) is 30.3 Å². The fourth-order valence-corrected chi connectivity index (χ4v) is 4.19. The van der Waals surface area contributed by atoms with Crippen LogP contribution in [0.25, 0.3) is 0 Å². The van der Waals surface area contributed by atoms with E-state index < -0.39 is 0 Å². The molecule has 27 heavy (non-hydrogen) atoms. The molecule has 2 aliphatic rings. The second-order valence-electron chi connectivity index (χ2n) is 7.79. The van der Waals surface area contributed by atoms with Gasteiger partial charge < -0.3 is 14.5 Å². The van der Waals surface area contributed by atoms with Crippen molar-refractivity contribution < 1.29 is 14.3 Å². The van der Waals surface area contributed by atoms with E-state index in [0.717, 1.165) is 51.1 Å². The minimum atomic E-state index is -0.0339. The average molecular weight is 373 g/mol. The molecule has 5 nitrogen and oxygen atoms in total. The molecule has 148 valence electrons. The predicted molar refractivity (Wildman–Crippen MR) is 105 cm³/mol. The Bertz CT molecular complexity index is 619. The normalized spacial score (nSPS) is 23.1. The maximum absolute atomic E-state index is 12.9. The first-order chi connectivity index (χ1) is 13.2. The molecule has 2 amide bonds. The summed E-state index contributed by atoms with van der Waals surface area (Å²) < 4.78 is 5.64. The highest BCUT2D eigenvalue weighted by Crippen LogP contribution is 2.24. The average Bonchev–Trinajstić information content (AvgIpc) is 2.74. The second kappa shape index (κ2) is 9.77. The van der Waals surface area contributed by atoms with E-state index in [9.17, 15) is 9.59 Å². The number of nitrogens with zero attached hydrogens (tertiary/aromatic N) is 2. The van der Waals surface area contributed by atoms with E-state index in [4.69, 9.17) is 4.74 Å². The summed E-state index contributed by atoms with van der Waals surface area (Å²) >= 11 is 0. The summed E-state index contributed by atoms with van der Waals surface area (Å²) in [4.78, 5) is 29.4. The molecule has 2 fully saturated rings. The van der Waals surface area contributed by atoms with Crippen LogP contribution in [0.3, 0.4) is 0 Å². The van der Waals surface area contributed by atoms with Gasteiger partial charge in [0.25, 0.3) is 0 Å². The Morgan fingerprint density at radius 3 is 2.56 bits per heavy atom. The van der Waals surface area contributed by atoms with Crippen molar-refractivity contribution in [2.24, 2.45) is 11.8 Å². The van der Waals surface area contributed by atoms with E-state index in [1.807, 2.05) is 35.2 Å². The smallest absolute Gasteiger partial charge is 0.227 e. The van der Waals surface area contributed by atoms with Crippen molar-refractivity contribution in [2.75, 3.05) is 32.8 Å². The van der Waals surface area contributed by atoms with Crippen molar-refractivity contribution in [3.8, 4) is 5.75 Å². The predicted octanol–water partition coefficient (Wildman–Crippen LogP) is 3.34. The Hall–Kier alpha value is -2.04. The number of carbonyl (C=O) groups excluding carboxylic acids is 2. The molecule has 0 aliphatic carbocycles. The van der Waals surface area contributed by atoms with Gasteiger partial charge in [-0.1, -0.05) is 31.5 Å². The highest BCUT2D eigenvalue weighted by molar-refractivity contribution is 5.81. The summed E-state index contributed by atoms with van der Waals surface area (Å²) in [7, 11) is 0. The van der Waals surface area contributed by atoms with Gasteiger partial charge >= 0.3 is 0 Å². The third-order valence-electron chi connectivity index (χ3n) is 5.86. The quantitative estimate of drug-likeness (QED) is 0.769. The zero-order chi connectivity index (χ0) is 19.1. The number of benzene rings is 1. The summed E-state index contributed by atoms with van der Waals surface area (Å²) in [5.74, 6) is 1.74. The van der Waals surface area contributed by atoms with Crippen molar-refractivity contribution in [1.82, 2.24) is 9.80 Å². The molecule has 0 bridgehead atoms. The maximum atomic E-state index is 12.9. The van der Waals surface area contributed by atoms with Gasteiger partial charge in [-0.2, -0.15) is 0 Å². The monoisotopic (exact) mass is 372 g/mol. The molecule has 5 heteroatoms. The molecule has 2 saturated heterocycles. The highest BCUT2D eigenvalue weighted by Gasteiger charge is 2.32. The van der Waals surface area contributed by atoms with E-state index in [1.165, 1.54) is 6.42 Å². The van der Waals surface area contributed by atoms with Crippen molar-refractivity contribution >= 4 is 11.8 Å². The summed E-state index contributed by atoms with van der Waals surface area (Å²) in [6.45, 7) is 5.68. The first-order valence-corrected chi connectivity index (χ1v) is 10.4. The fourth-order valence-electron chi connectivity index (χ4n) is 4.19. The Balaban J connectivity index is 1.46. The number of para-hydroxylation sites is 1. The lowest BCUT2D eigenvalue weighted by molar-refractivity contribution is -0.142. The molecule has 2 heterocycles. The van der Waals surface area contributed by atoms with Gasteiger partial charge in [-0.3, -0.25) is 9.59 Å². The third kappa shape index (κ3) is 5.47. The SMILES string of the molecule is CCC1CCCN(C(=O)C2CCCN(C(=O)CCOc3ccccc3)C2)C1. The van der Waals surface area contributed by atoms with Crippen LogP contribution in [0.4, 0.5) is 0 Å². The van der Waals surface area contributed by atoms with Gasteiger partial charge in [-0.25, -0.2) is 0 Å². The fraction of sp³-hybridized carbons (Fsp3) is 0.636. The molecule has 1 aromatic carbocycles. The summed E-state index contributed by atoms with van der Waals surface area (Å²) in [5.41, 5.74) is 0. The number of ether oxygens (including phenoxy) is 1. The molecule has 0 spiro atoms. The molecule has 3 rings (SSSR count). The van der Waals surface area contributed by atoms with Crippen molar-refractivity contribution in [3.63, 3.8) is 0 Å². The van der Waals surface area contributed by atoms with Crippen LogP contribution >= 0.6 is 0 Å². The molecular formula is C22H32N2O3. The molecule has 1 aromatic rings. The van der Waals surface area contributed by atoms with E-state index in [0.29, 0.717) is 25.5 Å². The van der Waals surface area contributed by atoms with Crippen LogP contribution in [0.5, 0.6) is 5.75 Å². The number of hydrogen-bond donors (Lipinski definition) is 0. The van der Waals surface area contributed by atoms with E-state index in [-0.39, 0.29) is 17.7 Å². The van der Waals surface area contributed by atoms with Crippen LogP contribution in [-0.2, 0) is 9.59 Å². The van der Waals surface area contributed by atoms with Gasteiger partial charge in [0.15, 0.2) is 0 Å². The van der Waals surface area contributed by atoms with Crippen LogP contribution in [0.2, 0.25) is 0 Å². The molecular weight excluding hydrogens is 340 g/mol. The topological polar surface area (TPSA) is 49.9 Å². The largest absolute Gasteiger partial charge is 0.493 e. The van der Waals surface area contributed by atoms with Crippen LogP contribution < -0.4 is 4.74 Å². The standard InChI is InChI=1S/C22H32N2O3/c1-2-18-8-6-14-24(16-18)22(26)19-9-7-13-23(17-19)21(25)12-15-27-20-10-4-3-5-11-20/h3-5,10-11,18-19H,2,6-9,12-17H2,1H3. The van der Waals surface area contributed by atoms with Crippen molar-refractivity contribution in [3.05, 3.63) is 30.3 Å². The zero-order valence-corrected chi connectivity index (χ0v) is 16.4. The Morgan fingerprint density at radius 1 is 1.04 bits per heavy atom. The van der Waals surface area contributed by atoms with Crippen LogP contribution in [0, 0.1) is 11.8 Å². The van der Waals surface area contributed by atoms with Gasteiger partial charge in [0.05, 0.1) is 18.9 Å². The molecule has 0 saturated carbocycles. The molecule has 0 aromatic heterocycles. The number of hydrogen-bond acceptors (Lipinski definition) is 3. The molecule has 2 aliphatic heterocycles. The van der Waals surface area contributed by atoms with Gasteiger partial charge in [-0.05, 0) is 43.7 Å². The Kier molecular flexibility index (Phi) is 7.13. The number of rotatable bonds is 6. The van der Waals surface area contributed by atoms with Crippen molar-refractivity contribution in [2.45, 2.75) is 45.4 Å². The maximum Gasteiger partial charge on any atom is 0.227 e. The number of amides is 2. The summed E-state index contributed by atoms with van der Waals surface area (Å²) in [6.07, 6.45) is 5.65. The molecule has 0 N–H and O–H groups in total.